The standard InChI is InChI=1S/C17H21FN2O3/c18-14-3-5-15(6-4-14)23-10-17(22)20-19-16(21)9-13-8-11-1-2-12(13)7-11/h3-6,11-13H,1-2,7-10H2,(H,19,21)(H,20,22)/t11-,12-,13+/m1/s1. The molecule has 0 heterocycles. The topological polar surface area (TPSA) is 67.4 Å². The molecule has 0 unspecified atom stereocenters. The van der Waals surface area contributed by atoms with Crippen LogP contribution in [0.1, 0.15) is 32.1 Å². The average Bonchev–Trinajstić information content (AvgIpc) is 3.15. The lowest BCUT2D eigenvalue weighted by molar-refractivity contribution is -0.130. The number of rotatable bonds is 5. The molecule has 2 N–H and O–H groups in total. The number of nitrogens with one attached hydrogen (secondary N) is 2. The van der Waals surface area contributed by atoms with Crippen LogP contribution in [0.3, 0.4) is 0 Å². The highest BCUT2D eigenvalue weighted by atomic mass is 19.1. The van der Waals surface area contributed by atoms with Crippen LogP contribution in [-0.4, -0.2) is 18.4 Å². The number of hydrogen-bond acceptors (Lipinski definition) is 3. The van der Waals surface area contributed by atoms with Gasteiger partial charge in [-0.1, -0.05) is 6.42 Å². The Morgan fingerprint density at radius 1 is 1.09 bits per heavy atom. The lowest BCUT2D eigenvalue weighted by Crippen LogP contribution is -2.44. The summed E-state index contributed by atoms with van der Waals surface area (Å²) in [5, 5.41) is 0. The molecule has 2 fully saturated rings. The lowest BCUT2D eigenvalue weighted by atomic mass is 9.86. The van der Waals surface area contributed by atoms with E-state index in [4.69, 9.17) is 4.74 Å². The Morgan fingerprint density at radius 2 is 1.83 bits per heavy atom. The molecular weight excluding hydrogens is 299 g/mol. The Hall–Kier alpha value is -2.11. The van der Waals surface area contributed by atoms with Crippen molar-refractivity contribution in [1.82, 2.24) is 10.9 Å². The summed E-state index contributed by atoms with van der Waals surface area (Å²) >= 11 is 0. The van der Waals surface area contributed by atoms with Crippen LogP contribution in [0.5, 0.6) is 5.75 Å². The van der Waals surface area contributed by atoms with Gasteiger partial charge in [0, 0.05) is 6.42 Å². The first-order valence-corrected chi connectivity index (χ1v) is 8.06. The van der Waals surface area contributed by atoms with Gasteiger partial charge in [-0.3, -0.25) is 20.4 Å². The van der Waals surface area contributed by atoms with Gasteiger partial charge in [0.2, 0.25) is 5.91 Å². The maximum atomic E-state index is 12.7. The third-order valence-electron chi connectivity index (χ3n) is 4.86. The summed E-state index contributed by atoms with van der Waals surface area (Å²) in [7, 11) is 0. The van der Waals surface area contributed by atoms with Gasteiger partial charge >= 0.3 is 0 Å². The molecule has 0 spiro atoms. The second-order valence-corrected chi connectivity index (χ2v) is 6.48. The van der Waals surface area contributed by atoms with E-state index in [1.165, 1.54) is 43.5 Å². The average molecular weight is 320 g/mol. The SMILES string of the molecule is O=C(COc1ccc(F)cc1)NNC(=O)C[C@@H]1C[C@@H]2CC[C@@H]1C2. The first-order chi connectivity index (χ1) is 11.1. The third-order valence-corrected chi connectivity index (χ3v) is 4.86. The van der Waals surface area contributed by atoms with Crippen molar-refractivity contribution in [2.75, 3.05) is 6.61 Å². The Morgan fingerprint density at radius 3 is 2.48 bits per heavy atom. The number of fused-ring (bicyclic) bond motifs is 2. The molecule has 6 heteroatoms. The minimum atomic E-state index is -0.449. The van der Waals surface area contributed by atoms with E-state index >= 15 is 0 Å². The maximum absolute atomic E-state index is 12.7. The highest BCUT2D eigenvalue weighted by Gasteiger charge is 2.40. The van der Waals surface area contributed by atoms with Gasteiger partial charge < -0.3 is 4.74 Å². The minimum absolute atomic E-state index is 0.155. The van der Waals surface area contributed by atoms with E-state index in [1.807, 2.05) is 0 Å². The van der Waals surface area contributed by atoms with Crippen LogP contribution >= 0.6 is 0 Å². The van der Waals surface area contributed by atoms with E-state index in [9.17, 15) is 14.0 Å². The van der Waals surface area contributed by atoms with Crippen LogP contribution in [0.15, 0.2) is 24.3 Å². The molecule has 0 radical (unpaired) electrons. The number of carbonyl (C=O) groups excluding carboxylic acids is 2. The zero-order chi connectivity index (χ0) is 16.2. The van der Waals surface area contributed by atoms with Crippen LogP contribution in [0, 0.1) is 23.6 Å². The predicted molar refractivity (Wildman–Crippen MR) is 81.7 cm³/mol. The summed E-state index contributed by atoms with van der Waals surface area (Å²) in [6.45, 7) is -0.236. The fourth-order valence-corrected chi connectivity index (χ4v) is 3.77. The molecule has 0 aromatic heterocycles. The maximum Gasteiger partial charge on any atom is 0.276 e. The van der Waals surface area contributed by atoms with Gasteiger partial charge in [-0.15, -0.1) is 0 Å². The molecule has 0 saturated heterocycles. The van der Waals surface area contributed by atoms with Crippen molar-refractivity contribution in [3.63, 3.8) is 0 Å². The summed E-state index contributed by atoms with van der Waals surface area (Å²) in [5.74, 6) is 1.37. The molecule has 1 aromatic carbocycles. The zero-order valence-corrected chi connectivity index (χ0v) is 12.9. The number of amides is 2. The van der Waals surface area contributed by atoms with E-state index < -0.39 is 5.91 Å². The van der Waals surface area contributed by atoms with Crippen molar-refractivity contribution in [2.45, 2.75) is 32.1 Å². The third kappa shape index (κ3) is 4.21. The summed E-state index contributed by atoms with van der Waals surface area (Å²) in [6, 6.07) is 5.39. The van der Waals surface area contributed by atoms with Crippen molar-refractivity contribution in [3.05, 3.63) is 30.1 Å². The number of carbonyl (C=O) groups is 2. The lowest BCUT2D eigenvalue weighted by Gasteiger charge is -2.20. The van der Waals surface area contributed by atoms with E-state index in [-0.39, 0.29) is 18.3 Å². The summed E-state index contributed by atoms with van der Waals surface area (Å²) in [5.41, 5.74) is 4.78. The summed E-state index contributed by atoms with van der Waals surface area (Å²) < 4.78 is 17.9. The van der Waals surface area contributed by atoms with E-state index in [0.717, 1.165) is 12.3 Å². The highest BCUT2D eigenvalue weighted by Crippen LogP contribution is 2.49. The van der Waals surface area contributed by atoms with Crippen LogP contribution in [-0.2, 0) is 9.59 Å². The van der Waals surface area contributed by atoms with Crippen LogP contribution in [0.25, 0.3) is 0 Å². The zero-order valence-electron chi connectivity index (χ0n) is 12.9. The Labute approximate surface area is 134 Å². The van der Waals surface area contributed by atoms with E-state index in [0.29, 0.717) is 24.0 Å². The van der Waals surface area contributed by atoms with Crippen molar-refractivity contribution in [1.29, 1.82) is 0 Å². The Bertz CT molecular complexity index is 576. The van der Waals surface area contributed by atoms with Crippen LogP contribution in [0.4, 0.5) is 4.39 Å². The summed E-state index contributed by atoms with van der Waals surface area (Å²) in [6.07, 6.45) is 5.41. The quantitative estimate of drug-likeness (QED) is 0.817. The molecule has 1 aromatic rings. The van der Waals surface area contributed by atoms with Gasteiger partial charge in [0.1, 0.15) is 11.6 Å². The number of halogens is 1. The molecule has 3 rings (SSSR count). The number of benzene rings is 1. The van der Waals surface area contributed by atoms with E-state index in [1.54, 1.807) is 0 Å². The molecule has 2 bridgehead atoms. The van der Waals surface area contributed by atoms with Gasteiger partial charge in [0.05, 0.1) is 0 Å². The normalized spacial score (nSPS) is 25.2. The highest BCUT2D eigenvalue weighted by molar-refractivity contribution is 5.82. The van der Waals surface area contributed by atoms with Gasteiger partial charge in [-0.05, 0) is 61.3 Å². The molecule has 3 atom stereocenters. The van der Waals surface area contributed by atoms with Crippen LogP contribution in [0.2, 0.25) is 0 Å². The number of hydrogen-bond donors (Lipinski definition) is 2. The summed E-state index contributed by atoms with van der Waals surface area (Å²) in [4.78, 5) is 23.5. The van der Waals surface area contributed by atoms with Gasteiger partial charge in [0.15, 0.2) is 6.61 Å². The van der Waals surface area contributed by atoms with Gasteiger partial charge in [-0.2, -0.15) is 0 Å². The number of ether oxygens (including phenoxy) is 1. The molecule has 2 aliphatic rings. The molecular formula is C17H21FN2O3. The van der Waals surface area contributed by atoms with E-state index in [2.05, 4.69) is 10.9 Å². The molecule has 2 aliphatic carbocycles. The Balaban J connectivity index is 1.34. The minimum Gasteiger partial charge on any atom is -0.484 e. The molecule has 2 amide bonds. The fourth-order valence-electron chi connectivity index (χ4n) is 3.77. The van der Waals surface area contributed by atoms with Crippen molar-refractivity contribution in [3.8, 4) is 5.75 Å². The molecule has 2 saturated carbocycles. The molecule has 23 heavy (non-hydrogen) atoms. The smallest absolute Gasteiger partial charge is 0.276 e. The van der Waals surface area contributed by atoms with Crippen LogP contribution < -0.4 is 15.6 Å². The largest absolute Gasteiger partial charge is 0.484 e. The van der Waals surface area contributed by atoms with Gasteiger partial charge in [0.25, 0.3) is 5.91 Å². The monoisotopic (exact) mass is 320 g/mol. The Kier molecular flexibility index (Phi) is 4.79. The van der Waals surface area contributed by atoms with Crippen molar-refractivity contribution in [2.24, 2.45) is 17.8 Å². The molecule has 5 nitrogen and oxygen atoms in total. The van der Waals surface area contributed by atoms with Crippen molar-refractivity contribution < 1.29 is 18.7 Å². The number of hydrazine groups is 1. The molecule has 124 valence electrons. The second kappa shape index (κ2) is 6.98. The molecule has 0 aliphatic heterocycles. The first-order valence-electron chi connectivity index (χ1n) is 8.06. The predicted octanol–water partition coefficient (Wildman–Crippen LogP) is 2.18. The second-order valence-electron chi connectivity index (χ2n) is 6.48. The first kappa shape index (κ1) is 15.8. The van der Waals surface area contributed by atoms with Gasteiger partial charge in [-0.25, -0.2) is 4.39 Å². The fraction of sp³-hybridized carbons (Fsp3) is 0.529. The van der Waals surface area contributed by atoms with Crippen molar-refractivity contribution >= 4 is 11.8 Å².